The van der Waals surface area contributed by atoms with Crippen molar-refractivity contribution in [3.05, 3.63) is 29.8 Å². The van der Waals surface area contributed by atoms with E-state index in [1.807, 2.05) is 0 Å². The minimum atomic E-state index is 0.240. The second kappa shape index (κ2) is 7.57. The van der Waals surface area contributed by atoms with Crippen molar-refractivity contribution in [1.82, 2.24) is 0 Å². The van der Waals surface area contributed by atoms with E-state index in [0.29, 0.717) is 6.04 Å². The van der Waals surface area contributed by atoms with Gasteiger partial charge in [0.05, 0.1) is 0 Å². The molecule has 0 aliphatic heterocycles. The van der Waals surface area contributed by atoms with Crippen LogP contribution >= 0.6 is 0 Å². The maximum atomic E-state index is 3.60. The van der Waals surface area contributed by atoms with Gasteiger partial charge in [0, 0.05) is 11.7 Å². The van der Waals surface area contributed by atoms with E-state index in [4.69, 9.17) is 0 Å². The molecule has 0 saturated carbocycles. The zero-order chi connectivity index (χ0) is 14.3. The van der Waals surface area contributed by atoms with Crippen molar-refractivity contribution in [2.24, 2.45) is 0 Å². The summed E-state index contributed by atoms with van der Waals surface area (Å²) in [5, 5.41) is 3.60. The molecule has 1 nitrogen and oxygen atoms in total. The van der Waals surface area contributed by atoms with Gasteiger partial charge in [-0.1, -0.05) is 65.5 Å². The summed E-state index contributed by atoms with van der Waals surface area (Å²) in [6, 6.07) is 9.47. The highest BCUT2D eigenvalue weighted by molar-refractivity contribution is 5.46. The molecule has 0 bridgehead atoms. The molecule has 1 unspecified atom stereocenters. The number of benzene rings is 1. The van der Waals surface area contributed by atoms with E-state index in [1.54, 1.807) is 0 Å². The fraction of sp³-hybridized carbons (Fsp3) is 0.667. The number of hydrogen-bond acceptors (Lipinski definition) is 1. The average Bonchev–Trinajstić information content (AvgIpc) is 2.34. The van der Waals surface area contributed by atoms with Crippen molar-refractivity contribution >= 4 is 5.69 Å². The second-order valence-corrected chi connectivity index (χ2v) is 6.72. The number of unbranched alkanes of at least 4 members (excludes halogenated alkanes) is 3. The van der Waals surface area contributed by atoms with Crippen LogP contribution in [0.3, 0.4) is 0 Å². The molecule has 0 heterocycles. The summed E-state index contributed by atoms with van der Waals surface area (Å²) in [4.78, 5) is 0. The highest BCUT2D eigenvalue weighted by Crippen LogP contribution is 2.23. The summed E-state index contributed by atoms with van der Waals surface area (Å²) in [5.41, 5.74) is 2.88. The molecule has 0 fully saturated rings. The molecule has 0 aromatic heterocycles. The lowest BCUT2D eigenvalue weighted by Gasteiger charge is -2.20. The number of anilines is 1. The minimum absolute atomic E-state index is 0.240. The van der Waals surface area contributed by atoms with Crippen molar-refractivity contribution in [2.45, 2.75) is 78.2 Å². The lowest BCUT2D eigenvalue weighted by atomic mass is 9.87. The molecule has 0 spiro atoms. The van der Waals surface area contributed by atoms with Gasteiger partial charge in [0.25, 0.3) is 0 Å². The van der Waals surface area contributed by atoms with E-state index < -0.39 is 0 Å². The molecular weight excluding hydrogens is 230 g/mol. The van der Waals surface area contributed by atoms with Gasteiger partial charge in [-0.2, -0.15) is 0 Å². The predicted molar refractivity (Wildman–Crippen MR) is 87.0 cm³/mol. The Kier molecular flexibility index (Phi) is 6.41. The molecule has 0 aliphatic rings. The summed E-state index contributed by atoms with van der Waals surface area (Å²) < 4.78 is 0. The molecule has 0 amide bonds. The molecule has 1 atom stereocenters. The lowest BCUT2D eigenvalue weighted by Crippen LogP contribution is -2.15. The lowest BCUT2D eigenvalue weighted by molar-refractivity contribution is 0.589. The summed E-state index contributed by atoms with van der Waals surface area (Å²) in [7, 11) is 0. The topological polar surface area (TPSA) is 12.0 Å². The molecule has 108 valence electrons. The first kappa shape index (κ1) is 16.1. The Balaban J connectivity index is 2.40. The Hall–Kier alpha value is -0.980. The van der Waals surface area contributed by atoms with Crippen LogP contribution in [0.2, 0.25) is 0 Å². The molecule has 19 heavy (non-hydrogen) atoms. The van der Waals surface area contributed by atoms with E-state index in [2.05, 4.69) is 64.2 Å². The monoisotopic (exact) mass is 261 g/mol. The van der Waals surface area contributed by atoms with E-state index in [9.17, 15) is 0 Å². The third-order valence-electron chi connectivity index (χ3n) is 3.65. The average molecular weight is 261 g/mol. The van der Waals surface area contributed by atoms with Crippen LogP contribution in [0.15, 0.2) is 24.3 Å². The molecule has 0 saturated heterocycles. The van der Waals surface area contributed by atoms with Crippen molar-refractivity contribution in [3.8, 4) is 0 Å². The van der Waals surface area contributed by atoms with Gasteiger partial charge >= 0.3 is 0 Å². The van der Waals surface area contributed by atoms with Crippen LogP contribution in [0.1, 0.15) is 72.3 Å². The van der Waals surface area contributed by atoms with Crippen LogP contribution in [-0.2, 0) is 5.41 Å². The van der Waals surface area contributed by atoms with Crippen molar-refractivity contribution < 1.29 is 0 Å². The molecule has 1 N–H and O–H groups in total. The normalized spacial score (nSPS) is 13.3. The van der Waals surface area contributed by atoms with E-state index in [-0.39, 0.29) is 5.41 Å². The predicted octanol–water partition coefficient (Wildman–Crippen LogP) is 5.75. The number of hydrogen-bond donors (Lipinski definition) is 1. The van der Waals surface area contributed by atoms with E-state index in [0.717, 1.165) is 0 Å². The molecule has 1 aromatic rings. The first-order valence-corrected chi connectivity index (χ1v) is 7.80. The summed E-state index contributed by atoms with van der Waals surface area (Å²) >= 11 is 0. The third kappa shape index (κ3) is 6.13. The van der Waals surface area contributed by atoms with Gasteiger partial charge in [-0.05, 0) is 36.5 Å². The highest BCUT2D eigenvalue weighted by atomic mass is 14.9. The van der Waals surface area contributed by atoms with Gasteiger partial charge in [0.15, 0.2) is 0 Å². The maximum Gasteiger partial charge on any atom is 0.0342 e. The van der Waals surface area contributed by atoms with Crippen LogP contribution in [0.25, 0.3) is 0 Å². The van der Waals surface area contributed by atoms with Crippen LogP contribution in [0, 0.1) is 0 Å². The van der Waals surface area contributed by atoms with Crippen molar-refractivity contribution in [3.63, 3.8) is 0 Å². The quantitative estimate of drug-likeness (QED) is 0.616. The second-order valence-electron chi connectivity index (χ2n) is 6.72. The molecule has 1 heteroatoms. The van der Waals surface area contributed by atoms with Crippen LogP contribution < -0.4 is 5.32 Å². The summed E-state index contributed by atoms with van der Waals surface area (Å²) in [6.45, 7) is 11.3. The van der Waals surface area contributed by atoms with Crippen LogP contribution in [0.5, 0.6) is 0 Å². The van der Waals surface area contributed by atoms with Gasteiger partial charge in [0.2, 0.25) is 0 Å². The van der Waals surface area contributed by atoms with E-state index >= 15 is 0 Å². The van der Waals surface area contributed by atoms with Gasteiger partial charge < -0.3 is 5.32 Å². The Morgan fingerprint density at radius 2 is 1.63 bits per heavy atom. The van der Waals surface area contributed by atoms with Crippen molar-refractivity contribution in [1.29, 1.82) is 0 Å². The highest BCUT2D eigenvalue weighted by Gasteiger charge is 2.12. The van der Waals surface area contributed by atoms with Crippen LogP contribution in [0.4, 0.5) is 5.69 Å². The van der Waals surface area contributed by atoms with Gasteiger partial charge in [-0.25, -0.2) is 0 Å². The minimum Gasteiger partial charge on any atom is -0.383 e. The first-order valence-electron chi connectivity index (χ1n) is 7.80. The maximum absolute atomic E-state index is 3.60. The Morgan fingerprint density at radius 1 is 1.00 bits per heavy atom. The van der Waals surface area contributed by atoms with Crippen LogP contribution in [-0.4, -0.2) is 6.04 Å². The summed E-state index contributed by atoms with van der Waals surface area (Å²) in [5.74, 6) is 0. The SMILES string of the molecule is CCCCCCC(C)Nc1ccc(C(C)(C)C)cc1. The molecule has 0 aliphatic carbocycles. The Morgan fingerprint density at radius 3 is 2.16 bits per heavy atom. The van der Waals surface area contributed by atoms with Gasteiger partial charge in [0.1, 0.15) is 0 Å². The first-order chi connectivity index (χ1) is 8.93. The van der Waals surface area contributed by atoms with Gasteiger partial charge in [-0.15, -0.1) is 0 Å². The van der Waals surface area contributed by atoms with Crippen molar-refractivity contribution in [2.75, 3.05) is 5.32 Å². The third-order valence-corrected chi connectivity index (χ3v) is 3.65. The standard InChI is InChI=1S/C18H31N/c1-6-7-8-9-10-15(2)19-17-13-11-16(12-14-17)18(3,4)5/h11-15,19H,6-10H2,1-5H3. The van der Waals surface area contributed by atoms with E-state index in [1.165, 1.54) is 43.4 Å². The largest absolute Gasteiger partial charge is 0.383 e. The Bertz CT molecular complexity index is 345. The zero-order valence-corrected chi connectivity index (χ0v) is 13.4. The molecule has 1 rings (SSSR count). The number of rotatable bonds is 7. The zero-order valence-electron chi connectivity index (χ0n) is 13.4. The smallest absolute Gasteiger partial charge is 0.0342 e. The molecular formula is C18H31N. The fourth-order valence-electron chi connectivity index (χ4n) is 2.30. The molecule has 0 radical (unpaired) electrons. The number of nitrogens with one attached hydrogen (secondary N) is 1. The fourth-order valence-corrected chi connectivity index (χ4v) is 2.30. The summed E-state index contributed by atoms with van der Waals surface area (Å²) in [6.07, 6.45) is 6.65. The molecule has 1 aromatic carbocycles. The Labute approximate surface area is 119 Å². The van der Waals surface area contributed by atoms with Gasteiger partial charge in [-0.3, -0.25) is 0 Å².